The number of benzene rings is 1. The first-order valence-electron chi connectivity index (χ1n) is 4.45. The topological polar surface area (TPSA) is 35.2 Å². The van der Waals surface area contributed by atoms with E-state index in [0.29, 0.717) is 0 Å². The van der Waals surface area contributed by atoms with E-state index in [1.807, 2.05) is 0 Å². The first kappa shape index (κ1) is 10.7. The second-order valence-corrected chi connectivity index (χ2v) is 5.43. The molecule has 2 nitrogen and oxygen atoms in total. The van der Waals surface area contributed by atoms with Gasteiger partial charge in [0.1, 0.15) is 5.75 Å². The summed E-state index contributed by atoms with van der Waals surface area (Å²) in [7, 11) is 1.72. The molecule has 0 saturated carbocycles. The molecule has 0 unspecified atom stereocenters. The number of fused-ring (bicyclic) bond motifs is 1. The molecule has 1 aromatic carbocycles. The van der Waals surface area contributed by atoms with Crippen molar-refractivity contribution in [2.24, 2.45) is 5.73 Å². The van der Waals surface area contributed by atoms with Crippen LogP contribution in [0.1, 0.15) is 23.6 Å². The first-order valence-corrected chi connectivity index (χ1v) is 6.32. The molecular weight excluding hydrogens is 357 g/mol. The molecule has 1 aliphatic rings. The molecule has 4 heteroatoms. The van der Waals surface area contributed by atoms with Gasteiger partial charge in [-0.15, -0.1) is 0 Å². The summed E-state index contributed by atoms with van der Waals surface area (Å²) in [6, 6.07) is 2.23. The van der Waals surface area contributed by atoms with Crippen LogP contribution in [0.4, 0.5) is 0 Å². The minimum Gasteiger partial charge on any atom is -0.495 e. The highest BCUT2D eigenvalue weighted by Crippen LogP contribution is 2.42. The zero-order valence-corrected chi connectivity index (χ0v) is 11.6. The van der Waals surface area contributed by atoms with Crippen molar-refractivity contribution in [3.05, 3.63) is 25.2 Å². The minimum absolute atomic E-state index is 0.158. The quantitative estimate of drug-likeness (QED) is 0.774. The van der Waals surface area contributed by atoms with Crippen molar-refractivity contribution < 1.29 is 4.74 Å². The van der Waals surface area contributed by atoms with Crippen LogP contribution in [0.25, 0.3) is 0 Å². The molecule has 0 spiro atoms. The molecule has 2 rings (SSSR count). The highest BCUT2D eigenvalue weighted by Gasteiger charge is 2.26. The van der Waals surface area contributed by atoms with Crippen LogP contribution in [-0.2, 0) is 6.42 Å². The summed E-state index contributed by atoms with van der Waals surface area (Å²) < 4.78 is 7.66. The lowest BCUT2D eigenvalue weighted by Crippen LogP contribution is -2.06. The van der Waals surface area contributed by atoms with E-state index in [1.54, 1.807) is 7.11 Å². The Morgan fingerprint density at radius 1 is 1.64 bits per heavy atom. The first-order chi connectivity index (χ1) is 6.65. The van der Waals surface area contributed by atoms with Crippen molar-refractivity contribution >= 4 is 38.5 Å². The number of hydrogen-bond acceptors (Lipinski definition) is 2. The molecule has 1 atom stereocenters. The van der Waals surface area contributed by atoms with E-state index >= 15 is 0 Å². The number of ether oxygens (including phenoxy) is 1. The molecule has 14 heavy (non-hydrogen) atoms. The van der Waals surface area contributed by atoms with Gasteiger partial charge in [0.15, 0.2) is 0 Å². The van der Waals surface area contributed by atoms with Gasteiger partial charge in [-0.1, -0.05) is 15.9 Å². The SMILES string of the molecule is COc1c(I)cc(Br)c2c1CC[C@H]2N. The summed E-state index contributed by atoms with van der Waals surface area (Å²) >= 11 is 5.85. The Labute approximate surface area is 105 Å². The van der Waals surface area contributed by atoms with Crippen LogP contribution in [0.3, 0.4) is 0 Å². The molecule has 76 valence electrons. The molecular formula is C10H11BrINO. The monoisotopic (exact) mass is 367 g/mol. The number of nitrogens with two attached hydrogens (primary N) is 1. The summed E-state index contributed by atoms with van der Waals surface area (Å²) in [5.74, 6) is 0.997. The Balaban J connectivity index is 2.66. The smallest absolute Gasteiger partial charge is 0.135 e. The van der Waals surface area contributed by atoms with Gasteiger partial charge in [0.2, 0.25) is 0 Å². The average Bonchev–Trinajstić information content (AvgIpc) is 2.49. The number of halogens is 2. The molecule has 0 aromatic heterocycles. The van der Waals surface area contributed by atoms with E-state index in [9.17, 15) is 0 Å². The summed E-state index contributed by atoms with van der Waals surface area (Å²) in [5, 5.41) is 0. The Bertz CT molecular complexity index is 381. The van der Waals surface area contributed by atoms with Gasteiger partial charge in [0.05, 0.1) is 10.7 Å². The third-order valence-electron chi connectivity index (χ3n) is 2.61. The van der Waals surface area contributed by atoms with E-state index in [0.717, 1.165) is 26.6 Å². The Morgan fingerprint density at radius 2 is 2.36 bits per heavy atom. The minimum atomic E-state index is 0.158. The largest absolute Gasteiger partial charge is 0.495 e. The molecule has 0 amide bonds. The van der Waals surface area contributed by atoms with Crippen molar-refractivity contribution in [1.29, 1.82) is 0 Å². The van der Waals surface area contributed by atoms with Gasteiger partial charge in [0, 0.05) is 16.1 Å². The van der Waals surface area contributed by atoms with Crippen molar-refractivity contribution in [3.63, 3.8) is 0 Å². The van der Waals surface area contributed by atoms with Crippen molar-refractivity contribution in [2.45, 2.75) is 18.9 Å². The number of methoxy groups -OCH3 is 1. The van der Waals surface area contributed by atoms with Gasteiger partial charge < -0.3 is 10.5 Å². The standard InChI is InChI=1S/C10H11BrINO/c1-14-10-5-2-3-8(13)9(5)6(11)4-7(10)12/h4,8H,2-3,13H2,1H3/t8-/m1/s1. The van der Waals surface area contributed by atoms with E-state index in [2.05, 4.69) is 44.6 Å². The zero-order valence-electron chi connectivity index (χ0n) is 7.81. The van der Waals surface area contributed by atoms with Gasteiger partial charge in [-0.25, -0.2) is 0 Å². The molecule has 0 radical (unpaired) electrons. The van der Waals surface area contributed by atoms with Crippen LogP contribution < -0.4 is 10.5 Å². The maximum Gasteiger partial charge on any atom is 0.135 e. The third-order valence-corrected chi connectivity index (χ3v) is 4.06. The van der Waals surface area contributed by atoms with Crippen LogP contribution in [0, 0.1) is 3.57 Å². The Kier molecular flexibility index (Phi) is 3.04. The summed E-state index contributed by atoms with van der Waals surface area (Å²) in [6.45, 7) is 0. The van der Waals surface area contributed by atoms with Crippen molar-refractivity contribution in [2.75, 3.05) is 7.11 Å². The predicted octanol–water partition coefficient (Wildman–Crippen LogP) is 3.01. The van der Waals surface area contributed by atoms with Crippen molar-refractivity contribution in [3.8, 4) is 5.75 Å². The Morgan fingerprint density at radius 3 is 3.00 bits per heavy atom. The van der Waals surface area contributed by atoms with Crippen LogP contribution in [0.15, 0.2) is 10.5 Å². The zero-order chi connectivity index (χ0) is 10.3. The average molecular weight is 368 g/mol. The summed E-state index contributed by atoms with van der Waals surface area (Å²) in [4.78, 5) is 0. The lowest BCUT2D eigenvalue weighted by molar-refractivity contribution is 0.407. The third kappa shape index (κ3) is 1.57. The maximum atomic E-state index is 6.03. The fourth-order valence-corrected chi connectivity index (χ4v) is 4.03. The van der Waals surface area contributed by atoms with Crippen LogP contribution >= 0.6 is 38.5 Å². The summed E-state index contributed by atoms with van der Waals surface area (Å²) in [6.07, 6.45) is 2.04. The molecule has 0 heterocycles. The second-order valence-electron chi connectivity index (χ2n) is 3.41. The van der Waals surface area contributed by atoms with Crippen LogP contribution in [0.5, 0.6) is 5.75 Å². The van der Waals surface area contributed by atoms with E-state index in [1.165, 1.54) is 11.1 Å². The van der Waals surface area contributed by atoms with Crippen molar-refractivity contribution in [1.82, 2.24) is 0 Å². The van der Waals surface area contributed by atoms with Gasteiger partial charge in [-0.3, -0.25) is 0 Å². The number of hydrogen-bond donors (Lipinski definition) is 1. The summed E-state index contributed by atoms with van der Waals surface area (Å²) in [5.41, 5.74) is 8.53. The van der Waals surface area contributed by atoms with E-state index < -0.39 is 0 Å². The van der Waals surface area contributed by atoms with Gasteiger partial charge in [0.25, 0.3) is 0 Å². The van der Waals surface area contributed by atoms with Gasteiger partial charge >= 0.3 is 0 Å². The van der Waals surface area contributed by atoms with E-state index in [-0.39, 0.29) is 6.04 Å². The fourth-order valence-electron chi connectivity index (χ4n) is 1.98. The molecule has 0 saturated heterocycles. The molecule has 2 N–H and O–H groups in total. The molecule has 0 bridgehead atoms. The lowest BCUT2D eigenvalue weighted by atomic mass is 10.1. The maximum absolute atomic E-state index is 6.03. The van der Waals surface area contributed by atoms with Crippen LogP contribution in [-0.4, -0.2) is 7.11 Å². The Hall–Kier alpha value is 0.190. The van der Waals surface area contributed by atoms with Gasteiger partial charge in [-0.2, -0.15) is 0 Å². The van der Waals surface area contributed by atoms with Crippen LogP contribution in [0.2, 0.25) is 0 Å². The molecule has 1 aliphatic carbocycles. The molecule has 0 aliphatic heterocycles. The predicted molar refractivity (Wildman–Crippen MR) is 68.7 cm³/mol. The normalized spacial score (nSPS) is 19.6. The lowest BCUT2D eigenvalue weighted by Gasteiger charge is -2.13. The second kappa shape index (κ2) is 3.98. The highest BCUT2D eigenvalue weighted by molar-refractivity contribution is 14.1. The van der Waals surface area contributed by atoms with Gasteiger partial charge in [-0.05, 0) is 47.1 Å². The highest BCUT2D eigenvalue weighted by atomic mass is 127. The molecule has 1 aromatic rings. The van der Waals surface area contributed by atoms with E-state index in [4.69, 9.17) is 10.5 Å². The fraction of sp³-hybridized carbons (Fsp3) is 0.400. The molecule has 0 fully saturated rings. The number of rotatable bonds is 1.